The van der Waals surface area contributed by atoms with Gasteiger partial charge in [0.2, 0.25) is 0 Å². The summed E-state index contributed by atoms with van der Waals surface area (Å²) >= 11 is 0. The molecule has 6 heteroatoms. The fraction of sp³-hybridized carbons (Fsp3) is 0.167. The van der Waals surface area contributed by atoms with Gasteiger partial charge in [0.05, 0.1) is 13.1 Å². The van der Waals surface area contributed by atoms with Crippen LogP contribution in [0.15, 0.2) is 82.8 Å². The molecule has 0 spiro atoms. The average Bonchev–Trinajstić information content (AvgIpc) is 3.48. The van der Waals surface area contributed by atoms with E-state index in [0.717, 1.165) is 49.0 Å². The zero-order valence-corrected chi connectivity index (χ0v) is 18.1. The number of benzene rings is 3. The summed E-state index contributed by atoms with van der Waals surface area (Å²) in [4.78, 5) is 9.08. The van der Waals surface area contributed by atoms with E-state index in [4.69, 9.17) is 0 Å². The van der Waals surface area contributed by atoms with E-state index in [0.29, 0.717) is 0 Å². The number of amidine groups is 2. The lowest BCUT2D eigenvalue weighted by atomic mass is 9.97. The molecule has 0 saturated carbocycles. The van der Waals surface area contributed by atoms with Crippen LogP contribution in [-0.4, -0.2) is 37.9 Å². The van der Waals surface area contributed by atoms with Crippen LogP contribution in [0.3, 0.4) is 0 Å². The molecule has 0 atom stereocenters. The molecule has 0 aromatic heterocycles. The lowest BCUT2D eigenvalue weighted by Crippen LogP contribution is -2.19. The van der Waals surface area contributed by atoms with Gasteiger partial charge in [-0.1, -0.05) is 54.6 Å². The molecule has 0 radical (unpaired) electrons. The molecule has 3 aromatic carbocycles. The largest absolute Gasteiger partial charge is 0.368 e. The van der Waals surface area contributed by atoms with Crippen molar-refractivity contribution >= 4 is 36.5 Å². The molecule has 0 amide bonds. The quantitative estimate of drug-likeness (QED) is 0.626. The lowest BCUT2D eigenvalue weighted by molar-refractivity contribution is 0.960. The maximum atomic E-state index is 4.54. The molecular weight excluding hydrogens is 415 g/mol. The van der Waals surface area contributed by atoms with Crippen LogP contribution in [0.1, 0.15) is 11.1 Å². The van der Waals surface area contributed by atoms with E-state index in [-0.39, 0.29) is 24.8 Å². The topological polar surface area (TPSA) is 48.8 Å². The SMILES string of the molecule is Cl.Cl.c1cc(C2=NCCN2)cc(-c2cccc(-c3cccc(C4=NCCN4)c3)c2)c1. The Bertz CT molecular complexity index is 1010. The van der Waals surface area contributed by atoms with Gasteiger partial charge >= 0.3 is 0 Å². The molecule has 0 bridgehead atoms. The van der Waals surface area contributed by atoms with Crippen LogP contribution < -0.4 is 10.6 Å². The molecule has 0 fully saturated rings. The Labute approximate surface area is 189 Å². The van der Waals surface area contributed by atoms with Crippen LogP contribution in [-0.2, 0) is 0 Å². The number of rotatable bonds is 4. The van der Waals surface area contributed by atoms with E-state index < -0.39 is 0 Å². The first-order chi connectivity index (χ1) is 13.9. The van der Waals surface area contributed by atoms with Crippen molar-refractivity contribution in [2.24, 2.45) is 9.98 Å². The van der Waals surface area contributed by atoms with Crippen molar-refractivity contribution in [1.29, 1.82) is 0 Å². The monoisotopic (exact) mass is 438 g/mol. The summed E-state index contributed by atoms with van der Waals surface area (Å²) < 4.78 is 0. The zero-order chi connectivity index (χ0) is 18.8. The maximum Gasteiger partial charge on any atom is 0.128 e. The number of nitrogens with zero attached hydrogens (tertiary/aromatic N) is 2. The van der Waals surface area contributed by atoms with Crippen LogP contribution in [0.5, 0.6) is 0 Å². The lowest BCUT2D eigenvalue weighted by Gasteiger charge is -2.10. The molecule has 154 valence electrons. The van der Waals surface area contributed by atoms with Gasteiger partial charge < -0.3 is 10.6 Å². The van der Waals surface area contributed by atoms with Gasteiger partial charge in [0, 0.05) is 24.2 Å². The zero-order valence-electron chi connectivity index (χ0n) is 16.5. The van der Waals surface area contributed by atoms with Crippen molar-refractivity contribution in [2.45, 2.75) is 0 Å². The molecule has 0 aliphatic carbocycles. The Hall–Kier alpha value is -2.82. The van der Waals surface area contributed by atoms with Gasteiger partial charge in [-0.05, 0) is 40.5 Å². The van der Waals surface area contributed by atoms with Crippen molar-refractivity contribution in [1.82, 2.24) is 10.6 Å². The molecule has 2 aliphatic heterocycles. The first-order valence-electron chi connectivity index (χ1n) is 9.75. The Morgan fingerprint density at radius 1 is 0.500 bits per heavy atom. The van der Waals surface area contributed by atoms with E-state index >= 15 is 0 Å². The second-order valence-corrected chi connectivity index (χ2v) is 7.06. The van der Waals surface area contributed by atoms with Crippen LogP contribution in [0.4, 0.5) is 0 Å². The molecule has 2 heterocycles. The van der Waals surface area contributed by atoms with Gasteiger partial charge in [-0.15, -0.1) is 24.8 Å². The van der Waals surface area contributed by atoms with Gasteiger partial charge in [0.15, 0.2) is 0 Å². The summed E-state index contributed by atoms with van der Waals surface area (Å²) in [5, 5.41) is 6.71. The highest BCUT2D eigenvalue weighted by Gasteiger charge is 2.11. The molecule has 3 aromatic rings. The standard InChI is InChI=1S/C24H22N4.2ClH/c1-4-17(19-6-2-8-21(15-19)23-25-10-11-26-23)14-18(5-1)20-7-3-9-22(16-20)24-27-12-13-28-24;;/h1-9,14-16H,10-13H2,(H,25,26)(H,27,28);2*1H. The summed E-state index contributed by atoms with van der Waals surface area (Å²) in [6, 6.07) is 25.9. The first-order valence-corrected chi connectivity index (χ1v) is 9.75. The average molecular weight is 439 g/mol. The first kappa shape index (κ1) is 21.9. The van der Waals surface area contributed by atoms with Gasteiger partial charge in [-0.25, -0.2) is 0 Å². The molecule has 2 N–H and O–H groups in total. The highest BCUT2D eigenvalue weighted by Crippen LogP contribution is 2.28. The van der Waals surface area contributed by atoms with Crippen molar-refractivity contribution in [3.8, 4) is 22.3 Å². The molecule has 0 saturated heterocycles. The van der Waals surface area contributed by atoms with Crippen molar-refractivity contribution in [2.75, 3.05) is 26.2 Å². The number of aliphatic imine (C=N–C) groups is 2. The molecule has 30 heavy (non-hydrogen) atoms. The number of hydrogen-bond acceptors (Lipinski definition) is 4. The van der Waals surface area contributed by atoms with E-state index in [2.05, 4.69) is 93.4 Å². The van der Waals surface area contributed by atoms with Crippen molar-refractivity contribution in [3.05, 3.63) is 83.9 Å². The summed E-state index contributed by atoms with van der Waals surface area (Å²) in [6.45, 7) is 3.55. The highest BCUT2D eigenvalue weighted by atomic mass is 35.5. The summed E-state index contributed by atoms with van der Waals surface area (Å²) in [7, 11) is 0. The maximum absolute atomic E-state index is 4.54. The smallest absolute Gasteiger partial charge is 0.128 e. The van der Waals surface area contributed by atoms with Gasteiger partial charge in [-0.2, -0.15) is 0 Å². The van der Waals surface area contributed by atoms with E-state index in [9.17, 15) is 0 Å². The van der Waals surface area contributed by atoms with Crippen LogP contribution >= 0.6 is 24.8 Å². The Morgan fingerprint density at radius 3 is 1.17 bits per heavy atom. The minimum absolute atomic E-state index is 0. The predicted molar refractivity (Wildman–Crippen MR) is 131 cm³/mol. The van der Waals surface area contributed by atoms with Gasteiger partial charge in [0.1, 0.15) is 11.7 Å². The van der Waals surface area contributed by atoms with Crippen LogP contribution in [0, 0.1) is 0 Å². The molecule has 5 rings (SSSR count). The molecular formula is C24H24Cl2N4. The minimum atomic E-state index is 0. The molecule has 4 nitrogen and oxygen atoms in total. The Morgan fingerprint density at radius 2 is 0.833 bits per heavy atom. The van der Waals surface area contributed by atoms with E-state index in [1.165, 1.54) is 22.3 Å². The van der Waals surface area contributed by atoms with E-state index in [1.807, 2.05) is 0 Å². The fourth-order valence-electron chi connectivity index (χ4n) is 3.75. The normalized spacial score (nSPS) is 14.5. The number of nitrogens with one attached hydrogen (secondary N) is 2. The number of hydrogen-bond donors (Lipinski definition) is 2. The molecule has 2 aliphatic rings. The second-order valence-electron chi connectivity index (χ2n) is 7.06. The third kappa shape index (κ3) is 4.50. The summed E-state index contributed by atoms with van der Waals surface area (Å²) in [5.74, 6) is 1.99. The highest BCUT2D eigenvalue weighted by molar-refractivity contribution is 6.01. The van der Waals surface area contributed by atoms with E-state index in [1.54, 1.807) is 0 Å². The second kappa shape index (κ2) is 9.79. The third-order valence-electron chi connectivity index (χ3n) is 5.15. The fourth-order valence-corrected chi connectivity index (χ4v) is 3.75. The predicted octanol–water partition coefficient (Wildman–Crippen LogP) is 4.56. The van der Waals surface area contributed by atoms with Crippen LogP contribution in [0.25, 0.3) is 22.3 Å². The summed E-state index contributed by atoms with van der Waals surface area (Å²) in [5.41, 5.74) is 7.11. The summed E-state index contributed by atoms with van der Waals surface area (Å²) in [6.07, 6.45) is 0. The minimum Gasteiger partial charge on any atom is -0.368 e. The Kier molecular flexibility index (Phi) is 7.14. The van der Waals surface area contributed by atoms with Crippen molar-refractivity contribution < 1.29 is 0 Å². The van der Waals surface area contributed by atoms with Gasteiger partial charge in [0.25, 0.3) is 0 Å². The Balaban J connectivity index is 0.00000128. The van der Waals surface area contributed by atoms with Crippen LogP contribution in [0.2, 0.25) is 0 Å². The molecule has 0 unspecified atom stereocenters. The van der Waals surface area contributed by atoms with Gasteiger partial charge in [-0.3, -0.25) is 9.98 Å². The third-order valence-corrected chi connectivity index (χ3v) is 5.15. The number of halogens is 2. The van der Waals surface area contributed by atoms with Crippen molar-refractivity contribution in [3.63, 3.8) is 0 Å².